The van der Waals surface area contributed by atoms with E-state index >= 15 is 0 Å². The molecule has 0 N–H and O–H groups in total. The minimum atomic E-state index is -3.25. The van der Waals surface area contributed by atoms with Crippen molar-refractivity contribution >= 4 is 71.3 Å². The van der Waals surface area contributed by atoms with Crippen LogP contribution >= 0.6 is 62.5 Å². The van der Waals surface area contributed by atoms with Gasteiger partial charge in [0.15, 0.2) is 0 Å². The molecule has 2 fully saturated rings. The summed E-state index contributed by atoms with van der Waals surface area (Å²) < 4.78 is 54.2. The fraction of sp³-hybridized carbons (Fsp3) is 0.875. The van der Waals surface area contributed by atoms with Crippen LogP contribution in [0, 0.1) is 0 Å². The first-order valence-corrected chi connectivity index (χ1v) is 16.5. The molecule has 0 aliphatic carbocycles. The van der Waals surface area contributed by atoms with E-state index < -0.39 is 15.5 Å². The summed E-state index contributed by atoms with van der Waals surface area (Å²) in [5.41, 5.74) is 0. The SMILES string of the molecule is CCOP(=O)(N=C1SCC(C)S1)OCC.CCOP(=O)(N=C1SCC(C)S1)OCC. The average molecular weight is 539 g/mol. The van der Waals surface area contributed by atoms with E-state index in [1.807, 2.05) is 0 Å². The van der Waals surface area contributed by atoms with Crippen molar-refractivity contribution in [3.05, 3.63) is 0 Å². The molecule has 8 nitrogen and oxygen atoms in total. The van der Waals surface area contributed by atoms with Gasteiger partial charge in [0.05, 0.1) is 26.4 Å². The Balaban J connectivity index is 0.000000300. The standard InChI is InChI=1S/2C8H16NO3PS2/c2*1-4-11-13(10,12-5-2)9-8-14-6-7(3)15-8/h2*7H,4-6H2,1-3H3. The zero-order chi connectivity index (χ0) is 22.6. The van der Waals surface area contributed by atoms with Crippen molar-refractivity contribution in [3.63, 3.8) is 0 Å². The van der Waals surface area contributed by atoms with Crippen molar-refractivity contribution in [2.75, 3.05) is 37.9 Å². The number of hydrogen-bond donors (Lipinski definition) is 0. The predicted molar refractivity (Wildman–Crippen MR) is 136 cm³/mol. The summed E-state index contributed by atoms with van der Waals surface area (Å²) in [6.07, 6.45) is 0. The molecular weight excluding hydrogens is 506 g/mol. The van der Waals surface area contributed by atoms with Crippen molar-refractivity contribution < 1.29 is 27.2 Å². The van der Waals surface area contributed by atoms with Gasteiger partial charge in [0.1, 0.15) is 8.75 Å². The minimum Gasteiger partial charge on any atom is -0.291 e. The average Bonchev–Trinajstić information content (AvgIpc) is 3.23. The second-order valence-electron chi connectivity index (χ2n) is 5.82. The molecule has 176 valence electrons. The topological polar surface area (TPSA) is 95.8 Å². The molecular formula is C16H32N2O6P2S4. The summed E-state index contributed by atoms with van der Waals surface area (Å²) in [6.45, 7) is 12.7. The molecule has 2 rings (SSSR count). The summed E-state index contributed by atoms with van der Waals surface area (Å²) in [4.78, 5) is 0. The molecule has 2 aliphatic rings. The maximum Gasteiger partial charge on any atom is 0.455 e. The normalized spacial score (nSPS) is 25.0. The molecule has 2 saturated heterocycles. The molecule has 0 bridgehead atoms. The lowest BCUT2D eigenvalue weighted by molar-refractivity contribution is 0.220. The van der Waals surface area contributed by atoms with Crippen LogP contribution in [0.15, 0.2) is 9.53 Å². The summed E-state index contributed by atoms with van der Waals surface area (Å²) in [6, 6.07) is 0. The molecule has 2 unspecified atom stereocenters. The van der Waals surface area contributed by atoms with Gasteiger partial charge in [-0.2, -0.15) is 9.53 Å². The van der Waals surface area contributed by atoms with Crippen LogP contribution in [0.1, 0.15) is 41.5 Å². The Morgan fingerprint density at radius 1 is 0.733 bits per heavy atom. The Hall–Kier alpha value is 1.04. The first-order chi connectivity index (χ1) is 14.2. The number of rotatable bonds is 10. The molecule has 0 radical (unpaired) electrons. The fourth-order valence-electron chi connectivity index (χ4n) is 2.01. The molecule has 0 aromatic carbocycles. The van der Waals surface area contributed by atoms with Gasteiger partial charge < -0.3 is 0 Å². The van der Waals surface area contributed by atoms with E-state index in [2.05, 4.69) is 23.4 Å². The van der Waals surface area contributed by atoms with E-state index in [0.717, 1.165) is 20.3 Å². The highest BCUT2D eigenvalue weighted by Gasteiger charge is 2.28. The van der Waals surface area contributed by atoms with Gasteiger partial charge in [-0.25, -0.2) is 9.13 Å². The van der Waals surface area contributed by atoms with Gasteiger partial charge in [-0.05, 0) is 27.7 Å². The van der Waals surface area contributed by atoms with Crippen LogP contribution in [-0.4, -0.2) is 57.2 Å². The van der Waals surface area contributed by atoms with Crippen molar-refractivity contribution in [2.45, 2.75) is 52.0 Å². The molecule has 2 heterocycles. The van der Waals surface area contributed by atoms with Gasteiger partial charge in [-0.1, -0.05) is 60.9 Å². The number of hydrogen-bond acceptors (Lipinski definition) is 10. The van der Waals surface area contributed by atoms with E-state index in [9.17, 15) is 9.13 Å². The van der Waals surface area contributed by atoms with E-state index in [1.54, 1.807) is 74.7 Å². The van der Waals surface area contributed by atoms with Crippen LogP contribution in [-0.2, 0) is 27.2 Å². The third-order valence-electron chi connectivity index (χ3n) is 3.06. The van der Waals surface area contributed by atoms with Gasteiger partial charge in [-0.15, -0.1) is 0 Å². The summed E-state index contributed by atoms with van der Waals surface area (Å²) >= 11 is 6.47. The summed E-state index contributed by atoms with van der Waals surface area (Å²) in [7, 11) is -6.50. The Morgan fingerprint density at radius 3 is 1.23 bits per heavy atom. The van der Waals surface area contributed by atoms with Crippen LogP contribution < -0.4 is 0 Å². The molecule has 0 aromatic heterocycles. The second-order valence-corrected chi connectivity index (χ2v) is 14.5. The van der Waals surface area contributed by atoms with Crippen molar-refractivity contribution in [3.8, 4) is 0 Å². The van der Waals surface area contributed by atoms with E-state index in [0.29, 0.717) is 36.9 Å². The minimum absolute atomic E-state index is 0.346. The van der Waals surface area contributed by atoms with Crippen LogP contribution in [0.4, 0.5) is 0 Å². The maximum absolute atomic E-state index is 12.0. The Morgan fingerprint density at radius 2 is 1.03 bits per heavy atom. The molecule has 2 aliphatic heterocycles. The Labute approximate surface area is 197 Å². The highest BCUT2D eigenvalue weighted by Crippen LogP contribution is 2.53. The summed E-state index contributed by atoms with van der Waals surface area (Å²) in [5, 5.41) is 1.04. The van der Waals surface area contributed by atoms with Crippen LogP contribution in [0.5, 0.6) is 0 Å². The first-order valence-electron chi connectivity index (χ1n) is 9.76. The molecule has 2 atom stereocenters. The summed E-state index contributed by atoms with van der Waals surface area (Å²) in [5.74, 6) is 2.00. The largest absolute Gasteiger partial charge is 0.455 e. The van der Waals surface area contributed by atoms with Crippen molar-refractivity contribution in [1.29, 1.82) is 0 Å². The lowest BCUT2D eigenvalue weighted by Gasteiger charge is -2.11. The zero-order valence-electron chi connectivity index (χ0n) is 18.3. The third kappa shape index (κ3) is 11.3. The molecule has 0 amide bonds. The number of thioether (sulfide) groups is 4. The van der Waals surface area contributed by atoms with E-state index in [1.165, 1.54) is 0 Å². The first kappa shape index (κ1) is 29.1. The molecule has 0 aromatic rings. The fourth-order valence-corrected chi connectivity index (χ4v) is 10.5. The predicted octanol–water partition coefficient (Wildman–Crippen LogP) is 6.78. The van der Waals surface area contributed by atoms with Gasteiger partial charge >= 0.3 is 15.5 Å². The highest BCUT2D eigenvalue weighted by atomic mass is 32.2. The van der Waals surface area contributed by atoms with Gasteiger partial charge in [-0.3, -0.25) is 18.1 Å². The maximum atomic E-state index is 12.0. The quantitative estimate of drug-likeness (QED) is 0.277. The molecule has 0 spiro atoms. The Bertz CT molecular complexity index is 606. The van der Waals surface area contributed by atoms with E-state index in [-0.39, 0.29) is 0 Å². The van der Waals surface area contributed by atoms with Crippen LogP contribution in [0.2, 0.25) is 0 Å². The van der Waals surface area contributed by atoms with Crippen molar-refractivity contribution in [2.24, 2.45) is 9.53 Å². The molecule has 14 heteroatoms. The van der Waals surface area contributed by atoms with E-state index in [4.69, 9.17) is 18.1 Å². The zero-order valence-corrected chi connectivity index (χ0v) is 23.3. The van der Waals surface area contributed by atoms with Crippen molar-refractivity contribution in [1.82, 2.24) is 0 Å². The van der Waals surface area contributed by atoms with Gasteiger partial charge in [0.25, 0.3) is 0 Å². The van der Waals surface area contributed by atoms with Gasteiger partial charge in [0.2, 0.25) is 0 Å². The van der Waals surface area contributed by atoms with Crippen LogP contribution in [0.25, 0.3) is 0 Å². The smallest absolute Gasteiger partial charge is 0.291 e. The van der Waals surface area contributed by atoms with Crippen LogP contribution in [0.3, 0.4) is 0 Å². The monoisotopic (exact) mass is 538 g/mol. The molecule has 0 saturated carbocycles. The number of nitrogens with zero attached hydrogens (tertiary/aromatic N) is 2. The molecule has 30 heavy (non-hydrogen) atoms. The third-order valence-corrected chi connectivity index (χ3v) is 12.3. The second kappa shape index (κ2) is 15.0. The lowest BCUT2D eigenvalue weighted by atomic mass is 10.6. The lowest BCUT2D eigenvalue weighted by Crippen LogP contribution is -1.95. The highest BCUT2D eigenvalue weighted by molar-refractivity contribution is 8.42. The Kier molecular flexibility index (Phi) is 14.6. The van der Waals surface area contributed by atoms with Gasteiger partial charge in [0, 0.05) is 22.0 Å².